The summed E-state index contributed by atoms with van der Waals surface area (Å²) in [5.41, 5.74) is 2.73. The first kappa shape index (κ1) is 16.4. The molecule has 0 fully saturated rings. The van der Waals surface area contributed by atoms with Crippen LogP contribution in [-0.4, -0.2) is 17.4 Å². The number of aromatic amines is 1. The van der Waals surface area contributed by atoms with E-state index in [1.165, 1.54) is 0 Å². The minimum atomic E-state index is -0.133. The summed E-state index contributed by atoms with van der Waals surface area (Å²) in [6, 6.07) is 10.8. The fourth-order valence-electron chi connectivity index (χ4n) is 2.44. The lowest BCUT2D eigenvalue weighted by Gasteiger charge is -2.07. The molecule has 3 rings (SSSR count). The maximum atomic E-state index is 12.2. The third-order valence-electron chi connectivity index (χ3n) is 3.59. The Labute approximate surface area is 152 Å². The van der Waals surface area contributed by atoms with Gasteiger partial charge < -0.3 is 10.3 Å². The summed E-state index contributed by atoms with van der Waals surface area (Å²) in [6.45, 7) is 0.535. The van der Waals surface area contributed by atoms with Gasteiger partial charge in [-0.1, -0.05) is 23.2 Å². The molecule has 23 heavy (non-hydrogen) atoms. The van der Waals surface area contributed by atoms with Crippen LogP contribution in [0.4, 0.5) is 0 Å². The van der Waals surface area contributed by atoms with Crippen molar-refractivity contribution in [2.75, 3.05) is 6.54 Å². The van der Waals surface area contributed by atoms with Crippen LogP contribution in [-0.2, 0) is 6.42 Å². The zero-order valence-corrected chi connectivity index (χ0v) is 15.1. The van der Waals surface area contributed by atoms with Crippen molar-refractivity contribution >= 4 is 55.9 Å². The predicted octanol–water partition coefficient (Wildman–Crippen LogP) is 5.21. The highest BCUT2D eigenvalue weighted by Crippen LogP contribution is 2.23. The number of halogens is 3. The van der Waals surface area contributed by atoms with E-state index in [9.17, 15) is 4.79 Å². The van der Waals surface area contributed by atoms with Crippen LogP contribution < -0.4 is 5.32 Å². The Morgan fingerprint density at radius 1 is 1.13 bits per heavy atom. The Hall–Kier alpha value is -1.49. The highest BCUT2D eigenvalue weighted by molar-refractivity contribution is 9.10. The number of aromatic nitrogens is 1. The molecule has 0 saturated carbocycles. The largest absolute Gasteiger partial charge is 0.361 e. The molecule has 118 valence electrons. The molecule has 0 saturated heterocycles. The minimum Gasteiger partial charge on any atom is -0.361 e. The number of rotatable bonds is 4. The summed E-state index contributed by atoms with van der Waals surface area (Å²) in [5, 5.41) is 5.29. The van der Waals surface area contributed by atoms with Crippen LogP contribution in [0.15, 0.2) is 47.1 Å². The van der Waals surface area contributed by atoms with E-state index in [4.69, 9.17) is 23.2 Å². The molecule has 2 N–H and O–H groups in total. The van der Waals surface area contributed by atoms with Gasteiger partial charge in [-0.25, -0.2) is 0 Å². The average molecular weight is 412 g/mol. The van der Waals surface area contributed by atoms with Crippen LogP contribution in [0, 0.1) is 0 Å². The Kier molecular flexibility index (Phi) is 4.95. The van der Waals surface area contributed by atoms with Gasteiger partial charge >= 0.3 is 0 Å². The summed E-state index contributed by atoms with van der Waals surface area (Å²) >= 11 is 15.3. The van der Waals surface area contributed by atoms with Gasteiger partial charge in [0.2, 0.25) is 0 Å². The second-order valence-corrected chi connectivity index (χ2v) is 6.86. The second kappa shape index (κ2) is 6.95. The van der Waals surface area contributed by atoms with Gasteiger partial charge in [0.1, 0.15) is 0 Å². The number of carbonyl (C=O) groups is 1. The molecule has 3 aromatic rings. The predicted molar refractivity (Wildman–Crippen MR) is 98.5 cm³/mol. The van der Waals surface area contributed by atoms with Crippen LogP contribution in [0.5, 0.6) is 0 Å². The summed E-state index contributed by atoms with van der Waals surface area (Å²) in [7, 11) is 0. The molecule has 0 aliphatic heterocycles. The van der Waals surface area contributed by atoms with Gasteiger partial charge in [0.15, 0.2) is 0 Å². The zero-order chi connectivity index (χ0) is 16.4. The Morgan fingerprint density at radius 2 is 1.87 bits per heavy atom. The molecule has 0 radical (unpaired) electrons. The van der Waals surface area contributed by atoms with Crippen LogP contribution in [0.25, 0.3) is 10.9 Å². The molecule has 0 bridgehead atoms. The lowest BCUT2D eigenvalue weighted by Crippen LogP contribution is -2.25. The van der Waals surface area contributed by atoms with E-state index in [0.717, 1.165) is 22.9 Å². The first-order valence-electron chi connectivity index (χ1n) is 7.03. The van der Waals surface area contributed by atoms with Crippen LogP contribution in [0.3, 0.4) is 0 Å². The van der Waals surface area contributed by atoms with Gasteiger partial charge in [-0.15, -0.1) is 0 Å². The van der Waals surface area contributed by atoms with Crippen molar-refractivity contribution < 1.29 is 4.79 Å². The van der Waals surface area contributed by atoms with E-state index in [2.05, 4.69) is 26.2 Å². The Balaban J connectivity index is 1.66. The van der Waals surface area contributed by atoms with E-state index < -0.39 is 0 Å². The Morgan fingerprint density at radius 3 is 2.65 bits per heavy atom. The van der Waals surface area contributed by atoms with Gasteiger partial charge in [0, 0.05) is 38.2 Å². The van der Waals surface area contributed by atoms with E-state index in [1.807, 2.05) is 24.4 Å². The van der Waals surface area contributed by atoms with Crippen molar-refractivity contribution in [3.05, 3.63) is 68.2 Å². The monoisotopic (exact) mass is 410 g/mol. The minimum absolute atomic E-state index is 0.133. The normalized spacial score (nSPS) is 10.9. The number of fused-ring (bicyclic) bond motifs is 1. The first-order valence-corrected chi connectivity index (χ1v) is 8.58. The molecular formula is C17H13BrCl2N2O. The maximum Gasteiger partial charge on any atom is 0.252 e. The maximum absolute atomic E-state index is 12.2. The van der Waals surface area contributed by atoms with Crippen molar-refractivity contribution in [1.29, 1.82) is 0 Å². The third-order valence-corrected chi connectivity index (χ3v) is 4.71. The summed E-state index contributed by atoms with van der Waals surface area (Å²) in [6.07, 6.45) is 2.67. The average Bonchev–Trinajstić information content (AvgIpc) is 2.89. The van der Waals surface area contributed by atoms with Crippen LogP contribution in [0.2, 0.25) is 10.0 Å². The highest BCUT2D eigenvalue weighted by Gasteiger charge is 2.10. The number of hydrogen-bond acceptors (Lipinski definition) is 1. The van der Waals surface area contributed by atoms with Gasteiger partial charge in [-0.05, 0) is 64.3 Å². The number of carbonyl (C=O) groups excluding carboxylic acids is 1. The molecule has 0 aliphatic carbocycles. The third kappa shape index (κ3) is 3.71. The first-order chi connectivity index (χ1) is 11.0. The van der Waals surface area contributed by atoms with Gasteiger partial charge in [0.25, 0.3) is 5.91 Å². The molecule has 6 heteroatoms. The van der Waals surface area contributed by atoms with Crippen molar-refractivity contribution in [3.63, 3.8) is 0 Å². The lowest BCUT2D eigenvalue weighted by atomic mass is 10.1. The quantitative estimate of drug-likeness (QED) is 0.608. The van der Waals surface area contributed by atoms with E-state index in [0.29, 0.717) is 26.6 Å². The fraction of sp³-hybridized carbons (Fsp3) is 0.118. The van der Waals surface area contributed by atoms with E-state index >= 15 is 0 Å². The van der Waals surface area contributed by atoms with Crippen molar-refractivity contribution in [1.82, 2.24) is 10.3 Å². The summed E-state index contributed by atoms with van der Waals surface area (Å²) in [4.78, 5) is 15.4. The fourth-order valence-corrected chi connectivity index (χ4v) is 3.47. The van der Waals surface area contributed by atoms with Crippen molar-refractivity contribution in [2.45, 2.75) is 6.42 Å². The van der Waals surface area contributed by atoms with Crippen molar-refractivity contribution in [2.24, 2.45) is 0 Å². The molecular weight excluding hydrogens is 399 g/mol. The molecule has 0 unspecified atom stereocenters. The highest BCUT2D eigenvalue weighted by atomic mass is 79.9. The molecule has 1 aromatic heterocycles. The van der Waals surface area contributed by atoms with Crippen molar-refractivity contribution in [3.8, 4) is 0 Å². The number of benzene rings is 2. The van der Waals surface area contributed by atoms with Gasteiger partial charge in [0.05, 0.1) is 5.56 Å². The van der Waals surface area contributed by atoms with Gasteiger partial charge in [-0.3, -0.25) is 4.79 Å². The van der Waals surface area contributed by atoms with Gasteiger partial charge in [-0.2, -0.15) is 0 Å². The molecule has 2 aromatic carbocycles. The molecule has 0 spiro atoms. The Bertz CT molecular complexity index is 876. The van der Waals surface area contributed by atoms with Crippen LogP contribution in [0.1, 0.15) is 15.9 Å². The number of hydrogen-bond donors (Lipinski definition) is 2. The standard InChI is InChI=1S/C17H13BrCl2N2O/c18-15-8-12(20)1-3-13(15)17(23)21-6-5-10-9-22-16-4-2-11(19)7-14(10)16/h1-4,7-9,22H,5-6H2,(H,21,23). The lowest BCUT2D eigenvalue weighted by molar-refractivity contribution is 0.0953. The number of H-pyrrole nitrogens is 1. The molecule has 1 amide bonds. The SMILES string of the molecule is O=C(NCCc1c[nH]c2ccc(Cl)cc12)c1ccc(Cl)cc1Br. The second-order valence-electron chi connectivity index (χ2n) is 5.13. The molecule has 3 nitrogen and oxygen atoms in total. The zero-order valence-electron chi connectivity index (χ0n) is 12.0. The summed E-state index contributed by atoms with van der Waals surface area (Å²) < 4.78 is 0.682. The topological polar surface area (TPSA) is 44.9 Å². The van der Waals surface area contributed by atoms with Crippen LogP contribution >= 0.6 is 39.1 Å². The smallest absolute Gasteiger partial charge is 0.252 e. The number of nitrogens with one attached hydrogen (secondary N) is 2. The van der Waals surface area contributed by atoms with E-state index in [-0.39, 0.29) is 5.91 Å². The molecule has 0 atom stereocenters. The van der Waals surface area contributed by atoms with E-state index in [1.54, 1.807) is 18.2 Å². The molecule has 0 aliphatic rings. The molecule has 1 heterocycles. The summed E-state index contributed by atoms with van der Waals surface area (Å²) in [5.74, 6) is -0.133. The number of amides is 1.